The maximum Gasteiger partial charge on any atom is 0.142 e. The standard InChI is InChI=1S/C20H24O5/c21-7-1-2-13-3-4-14(12-24-16-5-8-23-9-6-16)20-19(13)17-10-15(22)11-18(17)25-20/h1-4,7,11,16-20,22H,5-6,8-10,12H2/t17-,18+,19?,20?/m0/s1. The summed E-state index contributed by atoms with van der Waals surface area (Å²) in [6.07, 6.45) is 12.8. The fourth-order valence-corrected chi connectivity index (χ4v) is 4.34. The highest BCUT2D eigenvalue weighted by atomic mass is 16.5. The maximum absolute atomic E-state index is 10.7. The Morgan fingerprint density at radius 1 is 1.28 bits per heavy atom. The van der Waals surface area contributed by atoms with Gasteiger partial charge in [-0.15, -0.1) is 0 Å². The number of rotatable bonds is 5. The Hall–Kier alpha value is -1.69. The molecule has 4 rings (SSSR count). The smallest absolute Gasteiger partial charge is 0.142 e. The lowest BCUT2D eigenvalue weighted by molar-refractivity contribution is -0.104. The van der Waals surface area contributed by atoms with E-state index in [9.17, 15) is 9.90 Å². The van der Waals surface area contributed by atoms with Crippen LogP contribution in [0.25, 0.3) is 0 Å². The van der Waals surface area contributed by atoms with Crippen molar-refractivity contribution in [3.8, 4) is 0 Å². The first-order valence-corrected chi connectivity index (χ1v) is 9.03. The molecule has 0 saturated carbocycles. The third kappa shape index (κ3) is 3.36. The molecule has 5 nitrogen and oxygen atoms in total. The number of hydrogen-bond acceptors (Lipinski definition) is 5. The van der Waals surface area contributed by atoms with Gasteiger partial charge in [-0.25, -0.2) is 0 Å². The van der Waals surface area contributed by atoms with E-state index in [0.29, 0.717) is 18.8 Å². The van der Waals surface area contributed by atoms with Crippen LogP contribution in [0.4, 0.5) is 0 Å². The minimum absolute atomic E-state index is 0.0458. The van der Waals surface area contributed by atoms with E-state index in [0.717, 1.165) is 43.5 Å². The molecule has 2 fully saturated rings. The molecule has 0 bridgehead atoms. The normalized spacial score (nSPS) is 35.1. The predicted octanol–water partition coefficient (Wildman–Crippen LogP) is 2.65. The molecule has 2 saturated heterocycles. The second-order valence-corrected chi connectivity index (χ2v) is 7.10. The van der Waals surface area contributed by atoms with Crippen LogP contribution < -0.4 is 0 Å². The van der Waals surface area contributed by atoms with Crippen LogP contribution in [-0.2, 0) is 19.0 Å². The van der Waals surface area contributed by atoms with Gasteiger partial charge in [0.1, 0.15) is 6.29 Å². The molecule has 134 valence electrons. The lowest BCUT2D eigenvalue weighted by atomic mass is 9.76. The summed E-state index contributed by atoms with van der Waals surface area (Å²) in [7, 11) is 0. The number of fused-ring (bicyclic) bond motifs is 3. The van der Waals surface area contributed by atoms with E-state index in [1.54, 1.807) is 0 Å². The van der Waals surface area contributed by atoms with E-state index in [1.165, 1.54) is 6.08 Å². The minimum Gasteiger partial charge on any atom is -0.513 e. The van der Waals surface area contributed by atoms with Crippen LogP contribution in [0.2, 0.25) is 0 Å². The largest absolute Gasteiger partial charge is 0.513 e. The average Bonchev–Trinajstić information content (AvgIpc) is 3.15. The SMILES string of the molecule is O=CC=CC1=CC=C(COC2CCOCC2)C2O[C@@H]3C=C(O)C[C@@H]3C12. The van der Waals surface area contributed by atoms with Gasteiger partial charge < -0.3 is 19.3 Å². The molecule has 0 amide bonds. The molecule has 4 aliphatic rings. The van der Waals surface area contributed by atoms with Crippen LogP contribution in [0.15, 0.2) is 47.3 Å². The first-order valence-electron chi connectivity index (χ1n) is 9.03. The van der Waals surface area contributed by atoms with Crippen molar-refractivity contribution in [2.45, 2.75) is 37.6 Å². The number of hydrogen-bond donors (Lipinski definition) is 1. The van der Waals surface area contributed by atoms with Crippen molar-refractivity contribution in [2.24, 2.45) is 11.8 Å². The Kier molecular flexibility index (Phi) is 4.88. The zero-order valence-corrected chi connectivity index (χ0v) is 14.2. The zero-order chi connectivity index (χ0) is 17.2. The Morgan fingerprint density at radius 2 is 2.12 bits per heavy atom. The summed E-state index contributed by atoms with van der Waals surface area (Å²) in [5.74, 6) is 0.779. The van der Waals surface area contributed by atoms with Crippen molar-refractivity contribution in [2.75, 3.05) is 19.8 Å². The highest BCUT2D eigenvalue weighted by Gasteiger charge is 2.49. The Labute approximate surface area is 147 Å². The molecule has 0 aromatic carbocycles. The summed E-state index contributed by atoms with van der Waals surface area (Å²) in [6, 6.07) is 0. The molecule has 2 heterocycles. The van der Waals surface area contributed by atoms with Crippen molar-refractivity contribution in [1.82, 2.24) is 0 Å². The highest BCUT2D eigenvalue weighted by Crippen LogP contribution is 2.49. The number of carbonyl (C=O) groups excluding carboxylic acids is 1. The number of carbonyl (C=O) groups is 1. The van der Waals surface area contributed by atoms with Crippen molar-refractivity contribution in [3.05, 3.63) is 47.3 Å². The molecule has 1 N–H and O–H groups in total. The van der Waals surface area contributed by atoms with Gasteiger partial charge in [0.05, 0.1) is 30.7 Å². The van der Waals surface area contributed by atoms with Gasteiger partial charge in [0.25, 0.3) is 0 Å². The molecule has 25 heavy (non-hydrogen) atoms. The van der Waals surface area contributed by atoms with Gasteiger partial charge >= 0.3 is 0 Å². The molecule has 5 heteroatoms. The fraction of sp³-hybridized carbons (Fsp3) is 0.550. The molecule has 0 aromatic heterocycles. The maximum atomic E-state index is 10.7. The lowest BCUT2D eigenvalue weighted by Gasteiger charge is -2.30. The number of allylic oxidation sites excluding steroid dienone is 5. The van der Waals surface area contributed by atoms with Crippen LogP contribution >= 0.6 is 0 Å². The van der Waals surface area contributed by atoms with Gasteiger partial charge in [-0.1, -0.05) is 18.2 Å². The van der Waals surface area contributed by atoms with E-state index in [2.05, 4.69) is 12.2 Å². The van der Waals surface area contributed by atoms with Crippen LogP contribution in [0, 0.1) is 11.8 Å². The molecular weight excluding hydrogens is 320 g/mol. The van der Waals surface area contributed by atoms with Crippen LogP contribution in [0.5, 0.6) is 0 Å². The predicted molar refractivity (Wildman–Crippen MR) is 92.1 cm³/mol. The molecule has 2 unspecified atom stereocenters. The van der Waals surface area contributed by atoms with Gasteiger partial charge in [0.15, 0.2) is 0 Å². The first kappa shape index (κ1) is 16.8. The van der Waals surface area contributed by atoms with E-state index < -0.39 is 0 Å². The van der Waals surface area contributed by atoms with E-state index in [-0.39, 0.29) is 30.1 Å². The van der Waals surface area contributed by atoms with Crippen molar-refractivity contribution < 1.29 is 24.1 Å². The van der Waals surface area contributed by atoms with Crippen molar-refractivity contribution in [3.63, 3.8) is 0 Å². The number of aliphatic hydroxyl groups excluding tert-OH is 1. The summed E-state index contributed by atoms with van der Waals surface area (Å²) in [5, 5.41) is 9.86. The fourth-order valence-electron chi connectivity index (χ4n) is 4.34. The first-order chi connectivity index (χ1) is 12.3. The molecule has 0 aromatic rings. The Morgan fingerprint density at radius 3 is 2.92 bits per heavy atom. The summed E-state index contributed by atoms with van der Waals surface area (Å²) in [5.41, 5.74) is 2.23. The molecule has 2 aliphatic carbocycles. The molecular formula is C20H24O5. The summed E-state index contributed by atoms with van der Waals surface area (Å²) in [6.45, 7) is 2.09. The summed E-state index contributed by atoms with van der Waals surface area (Å²) < 4.78 is 17.7. The van der Waals surface area contributed by atoms with E-state index in [4.69, 9.17) is 14.2 Å². The van der Waals surface area contributed by atoms with E-state index in [1.807, 2.05) is 12.2 Å². The molecule has 0 radical (unpaired) electrons. The van der Waals surface area contributed by atoms with Crippen LogP contribution in [0.1, 0.15) is 19.3 Å². The number of aldehydes is 1. The number of ether oxygens (including phenoxy) is 3. The van der Waals surface area contributed by atoms with Gasteiger partial charge in [-0.2, -0.15) is 0 Å². The quantitative estimate of drug-likeness (QED) is 0.613. The average molecular weight is 344 g/mol. The highest BCUT2D eigenvalue weighted by molar-refractivity contribution is 5.66. The minimum atomic E-state index is -0.0624. The third-order valence-corrected chi connectivity index (χ3v) is 5.58. The van der Waals surface area contributed by atoms with Gasteiger partial charge in [-0.05, 0) is 36.1 Å². The molecule has 0 spiro atoms. The third-order valence-electron chi connectivity index (χ3n) is 5.58. The second-order valence-electron chi connectivity index (χ2n) is 7.10. The summed E-state index contributed by atoms with van der Waals surface area (Å²) in [4.78, 5) is 10.7. The van der Waals surface area contributed by atoms with Crippen LogP contribution in [0.3, 0.4) is 0 Å². The van der Waals surface area contributed by atoms with Crippen LogP contribution in [-0.4, -0.2) is 49.5 Å². The zero-order valence-electron chi connectivity index (χ0n) is 14.2. The van der Waals surface area contributed by atoms with Crippen molar-refractivity contribution in [1.29, 1.82) is 0 Å². The monoisotopic (exact) mass is 344 g/mol. The Bertz CT molecular complexity index is 638. The molecule has 2 aliphatic heterocycles. The lowest BCUT2D eigenvalue weighted by Crippen LogP contribution is -2.31. The second kappa shape index (κ2) is 7.28. The number of aliphatic hydroxyl groups is 1. The topological polar surface area (TPSA) is 65.0 Å². The van der Waals surface area contributed by atoms with Gasteiger partial charge in [0, 0.05) is 31.5 Å². The van der Waals surface area contributed by atoms with Gasteiger partial charge in [0.2, 0.25) is 0 Å². The molecule has 4 atom stereocenters. The van der Waals surface area contributed by atoms with E-state index >= 15 is 0 Å². The summed E-state index contributed by atoms with van der Waals surface area (Å²) >= 11 is 0. The Balaban J connectivity index is 1.51. The van der Waals surface area contributed by atoms with Crippen molar-refractivity contribution >= 4 is 6.29 Å². The van der Waals surface area contributed by atoms with Gasteiger partial charge in [-0.3, -0.25) is 4.79 Å².